The van der Waals surface area contributed by atoms with Crippen LogP contribution in [0.15, 0.2) is 58.5 Å². The van der Waals surface area contributed by atoms with E-state index in [9.17, 15) is 9.59 Å². The van der Waals surface area contributed by atoms with Crippen LogP contribution in [0.3, 0.4) is 0 Å². The molecule has 0 radical (unpaired) electrons. The van der Waals surface area contributed by atoms with Gasteiger partial charge in [0, 0.05) is 12.1 Å². The maximum atomic E-state index is 13.5. The van der Waals surface area contributed by atoms with Crippen molar-refractivity contribution in [2.24, 2.45) is 0 Å². The summed E-state index contributed by atoms with van der Waals surface area (Å²) >= 11 is 1.29. The average Bonchev–Trinajstić information content (AvgIpc) is 2.82. The van der Waals surface area contributed by atoms with Crippen LogP contribution in [0.5, 0.6) is 5.75 Å². The number of nitrogens with zero attached hydrogens (tertiary/aromatic N) is 3. The van der Waals surface area contributed by atoms with Gasteiger partial charge in [-0.1, -0.05) is 49.9 Å². The second-order valence-electron chi connectivity index (χ2n) is 7.83. The number of thioether (sulfide) groups is 1. The fourth-order valence-electron chi connectivity index (χ4n) is 3.76. The third kappa shape index (κ3) is 4.83. The van der Waals surface area contributed by atoms with Gasteiger partial charge in [0.05, 0.1) is 29.5 Å². The van der Waals surface area contributed by atoms with Gasteiger partial charge in [0.1, 0.15) is 5.75 Å². The quantitative estimate of drug-likeness (QED) is 0.340. The SMILES string of the molecule is CCC(C)N(C(=O)CSc1nc2ccccc2c(=O)n1-c1ccccc1OC)C(C)CC. The number of methoxy groups -OCH3 is 1. The smallest absolute Gasteiger partial charge is 0.266 e. The molecule has 32 heavy (non-hydrogen) atoms. The molecule has 3 aromatic rings. The molecule has 0 saturated heterocycles. The van der Waals surface area contributed by atoms with Crippen LogP contribution in [0.25, 0.3) is 16.6 Å². The Morgan fingerprint density at radius 1 is 1.06 bits per heavy atom. The number of carbonyl (C=O) groups is 1. The van der Waals surface area contributed by atoms with E-state index in [1.54, 1.807) is 17.7 Å². The summed E-state index contributed by atoms with van der Waals surface area (Å²) in [7, 11) is 1.57. The molecule has 0 saturated carbocycles. The van der Waals surface area contributed by atoms with E-state index in [1.165, 1.54) is 11.8 Å². The van der Waals surface area contributed by atoms with Crippen molar-refractivity contribution in [3.8, 4) is 11.4 Å². The minimum absolute atomic E-state index is 0.0488. The van der Waals surface area contributed by atoms with Gasteiger partial charge in [-0.15, -0.1) is 0 Å². The van der Waals surface area contributed by atoms with Crippen molar-refractivity contribution in [3.63, 3.8) is 0 Å². The molecular weight excluding hydrogens is 422 g/mol. The Morgan fingerprint density at radius 3 is 2.34 bits per heavy atom. The van der Waals surface area contributed by atoms with Crippen LogP contribution >= 0.6 is 11.8 Å². The predicted molar refractivity (Wildman–Crippen MR) is 131 cm³/mol. The Morgan fingerprint density at radius 2 is 1.69 bits per heavy atom. The van der Waals surface area contributed by atoms with Crippen molar-refractivity contribution in [3.05, 3.63) is 58.9 Å². The van der Waals surface area contributed by atoms with Crippen molar-refractivity contribution in [1.29, 1.82) is 0 Å². The van der Waals surface area contributed by atoms with Crippen LogP contribution in [0.4, 0.5) is 0 Å². The van der Waals surface area contributed by atoms with Gasteiger partial charge in [-0.3, -0.25) is 14.2 Å². The molecule has 1 aromatic heterocycles. The number of rotatable bonds is 9. The van der Waals surface area contributed by atoms with Crippen LogP contribution in [0, 0.1) is 0 Å². The number of para-hydroxylation sites is 3. The lowest BCUT2D eigenvalue weighted by molar-refractivity contribution is -0.132. The van der Waals surface area contributed by atoms with Gasteiger partial charge in [0.15, 0.2) is 5.16 Å². The molecule has 3 rings (SSSR count). The molecule has 0 fully saturated rings. The van der Waals surface area contributed by atoms with Crippen LogP contribution in [0.2, 0.25) is 0 Å². The third-order valence-corrected chi connectivity index (χ3v) is 6.74. The van der Waals surface area contributed by atoms with Crippen molar-refractivity contribution >= 4 is 28.6 Å². The first kappa shape index (κ1) is 23.9. The lowest BCUT2D eigenvalue weighted by Crippen LogP contribution is -2.45. The van der Waals surface area contributed by atoms with E-state index < -0.39 is 0 Å². The Kier molecular flexibility index (Phi) is 7.96. The van der Waals surface area contributed by atoms with Crippen molar-refractivity contribution in [2.45, 2.75) is 57.8 Å². The molecule has 7 heteroatoms. The summed E-state index contributed by atoms with van der Waals surface area (Å²) in [6, 6.07) is 14.9. The van der Waals surface area contributed by atoms with E-state index in [1.807, 2.05) is 47.4 Å². The lowest BCUT2D eigenvalue weighted by Gasteiger charge is -2.34. The normalized spacial score (nSPS) is 13.0. The fraction of sp³-hybridized carbons (Fsp3) is 0.400. The summed E-state index contributed by atoms with van der Waals surface area (Å²) in [6.07, 6.45) is 1.78. The first-order chi connectivity index (χ1) is 15.4. The van der Waals surface area contributed by atoms with Crippen molar-refractivity contribution in [1.82, 2.24) is 14.5 Å². The number of hydrogen-bond donors (Lipinski definition) is 0. The van der Waals surface area contributed by atoms with Crippen LogP contribution in [0.1, 0.15) is 40.5 Å². The van der Waals surface area contributed by atoms with Gasteiger partial charge in [-0.05, 0) is 51.0 Å². The van der Waals surface area contributed by atoms with Gasteiger partial charge < -0.3 is 9.64 Å². The molecule has 2 atom stereocenters. The number of fused-ring (bicyclic) bond motifs is 1. The number of aromatic nitrogens is 2. The third-order valence-electron chi connectivity index (χ3n) is 5.82. The molecule has 0 aliphatic heterocycles. The van der Waals surface area contributed by atoms with Gasteiger partial charge >= 0.3 is 0 Å². The second-order valence-corrected chi connectivity index (χ2v) is 8.77. The van der Waals surface area contributed by atoms with Crippen LogP contribution in [-0.2, 0) is 4.79 Å². The Hall–Kier alpha value is -2.80. The number of amides is 1. The molecule has 0 bridgehead atoms. The summed E-state index contributed by atoms with van der Waals surface area (Å²) in [4.78, 5) is 33.4. The monoisotopic (exact) mass is 453 g/mol. The van der Waals surface area contributed by atoms with E-state index in [0.717, 1.165) is 12.8 Å². The van der Waals surface area contributed by atoms with E-state index in [4.69, 9.17) is 9.72 Å². The molecule has 0 aliphatic rings. The first-order valence-electron chi connectivity index (χ1n) is 11.0. The zero-order valence-electron chi connectivity index (χ0n) is 19.4. The molecule has 0 aliphatic carbocycles. The van der Waals surface area contributed by atoms with Crippen molar-refractivity contribution < 1.29 is 9.53 Å². The molecule has 2 unspecified atom stereocenters. The summed E-state index contributed by atoms with van der Waals surface area (Å²) in [5.74, 6) is 0.822. The summed E-state index contributed by atoms with van der Waals surface area (Å²) in [6.45, 7) is 8.33. The highest BCUT2D eigenvalue weighted by Crippen LogP contribution is 2.27. The average molecular weight is 454 g/mol. The first-order valence-corrected chi connectivity index (χ1v) is 12.0. The highest BCUT2D eigenvalue weighted by atomic mass is 32.2. The standard InChI is InChI=1S/C25H31N3O3S/c1-6-17(3)27(18(4)7-2)23(29)16-32-25-26-20-13-9-8-12-19(20)24(30)28(25)21-14-10-11-15-22(21)31-5/h8-15,17-18H,6-7,16H2,1-5H3. The van der Waals surface area contributed by atoms with Crippen LogP contribution in [-0.4, -0.2) is 45.3 Å². The van der Waals surface area contributed by atoms with Gasteiger partial charge in [0.25, 0.3) is 5.56 Å². The number of ether oxygens (including phenoxy) is 1. The topological polar surface area (TPSA) is 64.4 Å². The minimum Gasteiger partial charge on any atom is -0.495 e. The molecular formula is C25H31N3O3S. The zero-order chi connectivity index (χ0) is 23.3. The fourth-order valence-corrected chi connectivity index (χ4v) is 4.63. The summed E-state index contributed by atoms with van der Waals surface area (Å²) in [5, 5.41) is 0.995. The Balaban J connectivity index is 2.06. The molecule has 0 spiro atoms. The maximum Gasteiger partial charge on any atom is 0.266 e. The largest absolute Gasteiger partial charge is 0.495 e. The zero-order valence-corrected chi connectivity index (χ0v) is 20.2. The Bertz CT molecular complexity index is 1130. The molecule has 1 amide bonds. The second kappa shape index (κ2) is 10.7. The lowest BCUT2D eigenvalue weighted by atomic mass is 10.1. The molecule has 0 N–H and O–H groups in total. The predicted octanol–water partition coefficient (Wildman–Crippen LogP) is 4.91. The highest BCUT2D eigenvalue weighted by molar-refractivity contribution is 7.99. The van der Waals surface area contributed by atoms with Gasteiger partial charge in [0.2, 0.25) is 5.91 Å². The highest BCUT2D eigenvalue weighted by Gasteiger charge is 2.25. The van der Waals surface area contributed by atoms with E-state index in [2.05, 4.69) is 27.7 Å². The molecule has 1 heterocycles. The number of benzene rings is 2. The van der Waals surface area contributed by atoms with E-state index >= 15 is 0 Å². The van der Waals surface area contributed by atoms with Crippen LogP contribution < -0.4 is 10.3 Å². The Labute approximate surface area is 193 Å². The van der Waals surface area contributed by atoms with Gasteiger partial charge in [-0.25, -0.2) is 4.98 Å². The molecule has 6 nitrogen and oxygen atoms in total. The van der Waals surface area contributed by atoms with Crippen molar-refractivity contribution in [2.75, 3.05) is 12.9 Å². The summed E-state index contributed by atoms with van der Waals surface area (Å²) < 4.78 is 7.06. The minimum atomic E-state index is -0.184. The van der Waals surface area contributed by atoms with E-state index in [0.29, 0.717) is 27.5 Å². The maximum absolute atomic E-state index is 13.5. The van der Waals surface area contributed by atoms with E-state index in [-0.39, 0.29) is 29.3 Å². The summed E-state index contributed by atoms with van der Waals surface area (Å²) in [5.41, 5.74) is 1.03. The molecule has 2 aromatic carbocycles. The number of carbonyl (C=O) groups excluding carboxylic acids is 1. The molecule has 170 valence electrons. The number of hydrogen-bond acceptors (Lipinski definition) is 5. The van der Waals surface area contributed by atoms with Gasteiger partial charge in [-0.2, -0.15) is 0 Å².